The second-order valence-electron chi connectivity index (χ2n) is 18.5. The van der Waals surface area contributed by atoms with Gasteiger partial charge in [-0.2, -0.15) is 0 Å². The fourth-order valence-electron chi connectivity index (χ4n) is 7.58. The maximum Gasteiger partial charge on any atom is 0.306 e. The van der Waals surface area contributed by atoms with Crippen molar-refractivity contribution in [2.75, 3.05) is 13.2 Å². The molecule has 0 aromatic heterocycles. The van der Waals surface area contributed by atoms with E-state index in [1.54, 1.807) is 0 Å². The van der Waals surface area contributed by atoms with Gasteiger partial charge in [-0.15, -0.1) is 0 Å². The third kappa shape index (κ3) is 53.4. The molecule has 0 rings (SSSR count). The van der Waals surface area contributed by atoms with Crippen molar-refractivity contribution in [1.82, 2.24) is 0 Å². The number of carbonyl (C=O) groups is 3. The van der Waals surface area contributed by atoms with Gasteiger partial charge in [-0.1, -0.05) is 228 Å². The lowest BCUT2D eigenvalue weighted by Crippen LogP contribution is -2.30. The number of ether oxygens (including phenoxy) is 3. The predicted molar refractivity (Wildman–Crippen MR) is 288 cm³/mol. The lowest BCUT2D eigenvalue weighted by atomic mass is 10.1. The molecule has 0 saturated heterocycles. The van der Waals surface area contributed by atoms with E-state index in [1.807, 2.05) is 6.08 Å². The zero-order valence-electron chi connectivity index (χ0n) is 43.9. The summed E-state index contributed by atoms with van der Waals surface area (Å²) in [7, 11) is 0. The monoisotopic (exact) mass is 933 g/mol. The summed E-state index contributed by atoms with van der Waals surface area (Å²) in [5, 5.41) is 0. The molecule has 0 aliphatic rings. The van der Waals surface area contributed by atoms with E-state index in [1.165, 1.54) is 141 Å². The largest absolute Gasteiger partial charge is 0.462 e. The fraction of sp³-hybridized carbons (Fsp3) is 0.721. The SMILES string of the molecule is CCCC/C=C\CCCCCCCC(=O)O[C@H](COC(=O)CC/C=C\C/C=C\C/C=C\C/C=C\C/C=C\CCCCC)COC(=O)CCCCCCCCCCC/C=C\CCCCCCCC. The Balaban J connectivity index is 4.43. The van der Waals surface area contributed by atoms with E-state index in [9.17, 15) is 14.4 Å². The summed E-state index contributed by atoms with van der Waals surface area (Å²) in [6, 6.07) is 0. The predicted octanol–water partition coefficient (Wildman–Crippen LogP) is 18.8. The molecule has 0 fully saturated rings. The molecule has 6 heteroatoms. The number of carbonyl (C=O) groups excluding carboxylic acids is 3. The van der Waals surface area contributed by atoms with Gasteiger partial charge in [0.2, 0.25) is 0 Å². The summed E-state index contributed by atoms with van der Waals surface area (Å²) < 4.78 is 16.7. The smallest absolute Gasteiger partial charge is 0.306 e. The lowest BCUT2D eigenvalue weighted by Gasteiger charge is -2.18. The lowest BCUT2D eigenvalue weighted by molar-refractivity contribution is -0.166. The van der Waals surface area contributed by atoms with Crippen molar-refractivity contribution in [2.24, 2.45) is 0 Å². The molecular formula is C61H104O6. The van der Waals surface area contributed by atoms with Crippen molar-refractivity contribution >= 4 is 17.9 Å². The molecular weight excluding hydrogens is 829 g/mol. The van der Waals surface area contributed by atoms with Gasteiger partial charge in [0, 0.05) is 19.3 Å². The van der Waals surface area contributed by atoms with Gasteiger partial charge < -0.3 is 14.2 Å². The van der Waals surface area contributed by atoms with Crippen molar-refractivity contribution in [1.29, 1.82) is 0 Å². The molecule has 0 heterocycles. The molecule has 0 aromatic carbocycles. The number of hydrogen-bond donors (Lipinski definition) is 0. The zero-order valence-corrected chi connectivity index (χ0v) is 43.9. The number of rotatable bonds is 50. The third-order valence-corrected chi connectivity index (χ3v) is 11.9. The molecule has 0 amide bonds. The quantitative estimate of drug-likeness (QED) is 0.0262. The molecule has 0 N–H and O–H groups in total. The highest BCUT2D eigenvalue weighted by Gasteiger charge is 2.19. The van der Waals surface area contributed by atoms with Crippen molar-refractivity contribution in [3.63, 3.8) is 0 Å². The number of hydrogen-bond acceptors (Lipinski definition) is 6. The zero-order chi connectivity index (χ0) is 48.6. The summed E-state index contributed by atoms with van der Waals surface area (Å²) in [6.07, 6.45) is 71.6. The Kier molecular flexibility index (Phi) is 52.4. The van der Waals surface area contributed by atoms with Crippen LogP contribution in [0.1, 0.15) is 265 Å². The van der Waals surface area contributed by atoms with Gasteiger partial charge in [0.25, 0.3) is 0 Å². The number of allylic oxidation sites excluding steroid dienone is 14. The second kappa shape index (κ2) is 55.2. The molecule has 0 aliphatic carbocycles. The van der Waals surface area contributed by atoms with Gasteiger partial charge in [0.05, 0.1) is 0 Å². The van der Waals surface area contributed by atoms with Crippen LogP contribution in [0.3, 0.4) is 0 Å². The Morgan fingerprint density at radius 3 is 1.01 bits per heavy atom. The van der Waals surface area contributed by atoms with Crippen LogP contribution in [0.5, 0.6) is 0 Å². The standard InChI is InChI=1S/C61H104O6/c1-4-7-10-13-16-19-22-24-26-28-30-32-34-36-39-41-44-47-50-53-59(62)65-56-58(67-61(64)55-52-49-46-43-38-21-18-15-12-9-6-3)57-66-60(63)54-51-48-45-42-40-37-35-33-31-29-27-25-23-20-17-14-11-8-5-2/h15-16,18-19,24-27,30,32,36,39,44,47,58H,4-14,17,20-23,28-29,31,33-35,37-38,40-43,45-46,48-57H2,1-3H3/b18-15-,19-16-,26-24-,27-25-,32-30-,39-36-,47-44-/t58-/m1/s1. The van der Waals surface area contributed by atoms with Crippen molar-refractivity contribution < 1.29 is 28.6 Å². The van der Waals surface area contributed by atoms with E-state index in [0.717, 1.165) is 77.0 Å². The molecule has 384 valence electrons. The molecule has 0 bridgehead atoms. The third-order valence-electron chi connectivity index (χ3n) is 11.9. The fourth-order valence-corrected chi connectivity index (χ4v) is 7.58. The van der Waals surface area contributed by atoms with Crippen LogP contribution in [0, 0.1) is 0 Å². The average Bonchev–Trinajstić information content (AvgIpc) is 3.33. The van der Waals surface area contributed by atoms with Gasteiger partial charge >= 0.3 is 17.9 Å². The summed E-state index contributed by atoms with van der Waals surface area (Å²) in [5.41, 5.74) is 0. The molecule has 6 nitrogen and oxygen atoms in total. The maximum atomic E-state index is 12.8. The van der Waals surface area contributed by atoms with E-state index in [0.29, 0.717) is 19.3 Å². The van der Waals surface area contributed by atoms with Crippen LogP contribution < -0.4 is 0 Å². The van der Waals surface area contributed by atoms with E-state index in [2.05, 4.69) is 99.8 Å². The first-order valence-corrected chi connectivity index (χ1v) is 28.1. The molecule has 67 heavy (non-hydrogen) atoms. The summed E-state index contributed by atoms with van der Waals surface area (Å²) in [4.78, 5) is 38.0. The Morgan fingerprint density at radius 1 is 0.299 bits per heavy atom. The average molecular weight is 933 g/mol. The highest BCUT2D eigenvalue weighted by atomic mass is 16.6. The van der Waals surface area contributed by atoms with Gasteiger partial charge in [-0.25, -0.2) is 0 Å². The van der Waals surface area contributed by atoms with E-state index < -0.39 is 6.10 Å². The van der Waals surface area contributed by atoms with Gasteiger partial charge in [-0.05, 0) is 103 Å². The van der Waals surface area contributed by atoms with Gasteiger partial charge in [0.15, 0.2) is 6.10 Å². The minimum Gasteiger partial charge on any atom is -0.462 e. The number of esters is 3. The van der Waals surface area contributed by atoms with Crippen LogP contribution in [0.2, 0.25) is 0 Å². The Hall–Kier alpha value is -3.41. The van der Waals surface area contributed by atoms with Crippen LogP contribution in [0.4, 0.5) is 0 Å². The minimum absolute atomic E-state index is 0.104. The van der Waals surface area contributed by atoms with E-state index >= 15 is 0 Å². The van der Waals surface area contributed by atoms with Crippen LogP contribution in [0.25, 0.3) is 0 Å². The van der Waals surface area contributed by atoms with Gasteiger partial charge in [0.1, 0.15) is 13.2 Å². The second-order valence-corrected chi connectivity index (χ2v) is 18.5. The van der Waals surface area contributed by atoms with Crippen LogP contribution in [0.15, 0.2) is 85.1 Å². The van der Waals surface area contributed by atoms with Crippen molar-refractivity contribution in [3.8, 4) is 0 Å². The molecule has 0 spiro atoms. The molecule has 0 radical (unpaired) electrons. The highest BCUT2D eigenvalue weighted by molar-refractivity contribution is 5.71. The maximum absolute atomic E-state index is 12.8. The Labute approximate surface area is 414 Å². The van der Waals surface area contributed by atoms with Crippen molar-refractivity contribution in [3.05, 3.63) is 85.1 Å². The summed E-state index contributed by atoms with van der Waals surface area (Å²) in [5.74, 6) is -1.000. The number of unbranched alkanes of at least 4 members (excludes halogenated alkanes) is 25. The van der Waals surface area contributed by atoms with Crippen LogP contribution in [-0.2, 0) is 28.6 Å². The Bertz CT molecular complexity index is 1300. The van der Waals surface area contributed by atoms with E-state index in [-0.39, 0.29) is 37.5 Å². The first-order chi connectivity index (χ1) is 33.0. The summed E-state index contributed by atoms with van der Waals surface area (Å²) >= 11 is 0. The topological polar surface area (TPSA) is 78.9 Å². The van der Waals surface area contributed by atoms with Crippen LogP contribution >= 0.6 is 0 Å². The molecule has 0 unspecified atom stereocenters. The first-order valence-electron chi connectivity index (χ1n) is 28.1. The highest BCUT2D eigenvalue weighted by Crippen LogP contribution is 2.14. The molecule has 0 aliphatic heterocycles. The molecule has 1 atom stereocenters. The normalized spacial score (nSPS) is 12.7. The van der Waals surface area contributed by atoms with Crippen LogP contribution in [-0.4, -0.2) is 37.2 Å². The Morgan fingerprint density at radius 2 is 0.582 bits per heavy atom. The minimum atomic E-state index is -0.811. The summed E-state index contributed by atoms with van der Waals surface area (Å²) in [6.45, 7) is 6.50. The molecule has 0 saturated carbocycles. The van der Waals surface area contributed by atoms with Crippen molar-refractivity contribution in [2.45, 2.75) is 271 Å². The molecule has 0 aromatic rings. The van der Waals surface area contributed by atoms with Gasteiger partial charge in [-0.3, -0.25) is 14.4 Å². The van der Waals surface area contributed by atoms with E-state index in [4.69, 9.17) is 14.2 Å². The first kappa shape index (κ1) is 63.6.